The van der Waals surface area contributed by atoms with Crippen LogP contribution in [0.1, 0.15) is 35.9 Å². The monoisotopic (exact) mass is 706 g/mol. The molecule has 7 nitrogen and oxygen atoms in total. The van der Waals surface area contributed by atoms with Gasteiger partial charge >= 0.3 is 5.97 Å². The molecule has 1 aliphatic rings. The van der Waals surface area contributed by atoms with Gasteiger partial charge in [0.05, 0.1) is 33.1 Å². The molecule has 5 rings (SSSR count). The molecule has 2 aromatic heterocycles. The number of methoxy groups -OCH3 is 1. The van der Waals surface area contributed by atoms with Crippen LogP contribution in [0.5, 0.6) is 11.5 Å². The van der Waals surface area contributed by atoms with Gasteiger partial charge in [-0.1, -0.05) is 47.2 Å². The summed E-state index contributed by atoms with van der Waals surface area (Å²) in [6, 6.07) is 14.5. The average Bonchev–Trinajstić information content (AvgIpc) is 3.56. The Balaban J connectivity index is 1.56. The maximum Gasteiger partial charge on any atom is 0.338 e. The number of carbonyl (C=O) groups is 1. The lowest BCUT2D eigenvalue weighted by Gasteiger charge is -2.23. The number of esters is 1. The molecule has 3 heterocycles. The Bertz CT molecular complexity index is 1790. The Morgan fingerprint density at radius 2 is 2.02 bits per heavy atom. The maximum absolute atomic E-state index is 13.8. The summed E-state index contributed by atoms with van der Waals surface area (Å²) in [5.74, 6) is 0.659. The lowest BCUT2D eigenvalue weighted by atomic mass is 10.0. The minimum atomic E-state index is -0.604. The number of halogens is 2. The molecular formula is C29H24ClIN2O5S2. The first-order valence-electron chi connectivity index (χ1n) is 12.3. The van der Waals surface area contributed by atoms with Crippen molar-refractivity contribution < 1.29 is 19.0 Å². The van der Waals surface area contributed by atoms with E-state index in [2.05, 4.69) is 27.6 Å². The molecule has 0 saturated carbocycles. The molecular weight excluding hydrogens is 683 g/mol. The fourth-order valence-electron chi connectivity index (χ4n) is 4.39. The second-order valence-electron chi connectivity index (χ2n) is 8.73. The maximum atomic E-state index is 13.8. The lowest BCUT2D eigenvalue weighted by Crippen LogP contribution is -2.39. The molecule has 206 valence electrons. The quantitative estimate of drug-likeness (QED) is 0.174. The molecule has 0 saturated heterocycles. The van der Waals surface area contributed by atoms with Crippen molar-refractivity contribution in [2.45, 2.75) is 26.5 Å². The van der Waals surface area contributed by atoms with Crippen molar-refractivity contribution in [3.05, 3.63) is 109 Å². The molecule has 1 atom stereocenters. The van der Waals surface area contributed by atoms with Crippen LogP contribution in [0, 0.1) is 3.57 Å². The van der Waals surface area contributed by atoms with Crippen molar-refractivity contribution in [2.24, 2.45) is 4.99 Å². The molecule has 1 aliphatic heterocycles. The third kappa shape index (κ3) is 5.63. The number of rotatable bonds is 8. The molecule has 0 amide bonds. The van der Waals surface area contributed by atoms with Crippen molar-refractivity contribution >= 4 is 68.9 Å². The summed E-state index contributed by atoms with van der Waals surface area (Å²) in [6.07, 6.45) is 1.81. The normalized spacial score (nSPS) is 15.0. The third-order valence-corrected chi connectivity index (χ3v) is 9.29. The molecule has 0 fully saturated rings. The van der Waals surface area contributed by atoms with Crippen LogP contribution in [0.4, 0.5) is 0 Å². The lowest BCUT2D eigenvalue weighted by molar-refractivity contribution is -0.139. The Labute approximate surface area is 257 Å². The zero-order chi connectivity index (χ0) is 28.4. The number of aromatic nitrogens is 1. The molecule has 0 unspecified atom stereocenters. The fraction of sp³-hybridized carbons (Fsp3) is 0.207. The Kier molecular flexibility index (Phi) is 8.79. The first-order valence-corrected chi connectivity index (χ1v) is 15.4. The van der Waals surface area contributed by atoms with Gasteiger partial charge in [-0.2, -0.15) is 0 Å². The van der Waals surface area contributed by atoms with Gasteiger partial charge in [0.25, 0.3) is 5.56 Å². The number of hydrogen-bond donors (Lipinski definition) is 0. The highest BCUT2D eigenvalue weighted by Gasteiger charge is 2.33. The molecule has 0 radical (unpaired) electrons. The van der Waals surface area contributed by atoms with Crippen molar-refractivity contribution in [1.82, 2.24) is 4.57 Å². The number of hydrogen-bond acceptors (Lipinski definition) is 8. The molecule has 11 heteroatoms. The number of thiophene rings is 1. The summed E-state index contributed by atoms with van der Waals surface area (Å²) in [6.45, 7) is 4.05. The van der Waals surface area contributed by atoms with Crippen LogP contribution >= 0.6 is 56.9 Å². The average molecular weight is 707 g/mol. The standard InChI is InChI=1S/C29H24ClIN2O5S2/c1-4-37-28(35)24-16(2)32-29-33(25(24)22-10-7-11-39-22)27(34)23(40-29)14-17-12-20(31)26(21(13-17)36-3)38-15-18-8-5-6-9-19(18)30/h5-14,25H,4,15H2,1-3H3/b23-14-/t25-/m1/s1. The summed E-state index contributed by atoms with van der Waals surface area (Å²) in [4.78, 5) is 32.8. The highest BCUT2D eigenvalue weighted by molar-refractivity contribution is 14.1. The number of carbonyl (C=O) groups excluding carboxylic acids is 1. The summed E-state index contributed by atoms with van der Waals surface area (Å²) >= 11 is 11.2. The molecule has 0 N–H and O–H groups in total. The number of benzene rings is 2. The Morgan fingerprint density at radius 3 is 2.73 bits per heavy atom. The predicted octanol–water partition coefficient (Wildman–Crippen LogP) is 5.71. The summed E-state index contributed by atoms with van der Waals surface area (Å²) in [5, 5.41) is 2.55. The second-order valence-corrected chi connectivity index (χ2v) is 12.3. The summed E-state index contributed by atoms with van der Waals surface area (Å²) in [5.41, 5.74) is 2.32. The fourth-order valence-corrected chi connectivity index (χ4v) is 7.23. The van der Waals surface area contributed by atoms with Crippen molar-refractivity contribution in [1.29, 1.82) is 0 Å². The van der Waals surface area contributed by atoms with Crippen LogP contribution in [-0.4, -0.2) is 24.3 Å². The topological polar surface area (TPSA) is 79.1 Å². The third-order valence-electron chi connectivity index (χ3n) is 6.21. The van der Waals surface area contributed by atoms with E-state index in [9.17, 15) is 9.59 Å². The highest BCUT2D eigenvalue weighted by atomic mass is 127. The molecule has 0 aliphatic carbocycles. The van der Waals surface area contributed by atoms with Gasteiger partial charge in [0.1, 0.15) is 12.6 Å². The van der Waals surface area contributed by atoms with Gasteiger partial charge in [0, 0.05) is 15.5 Å². The predicted molar refractivity (Wildman–Crippen MR) is 166 cm³/mol. The van der Waals surface area contributed by atoms with Gasteiger partial charge in [-0.25, -0.2) is 9.79 Å². The van der Waals surface area contributed by atoms with E-state index in [1.165, 1.54) is 22.7 Å². The summed E-state index contributed by atoms with van der Waals surface area (Å²) < 4.78 is 20.0. The SMILES string of the molecule is CCOC(=O)C1=C(C)N=c2s/c(=C\c3cc(I)c(OCc4ccccc4Cl)c(OC)c3)c(=O)n2[C@@H]1c1cccs1. The van der Waals surface area contributed by atoms with E-state index < -0.39 is 12.0 Å². The van der Waals surface area contributed by atoms with E-state index in [1.54, 1.807) is 31.6 Å². The zero-order valence-corrected chi connectivity index (χ0v) is 26.3. The Hall–Kier alpha value is -2.93. The first kappa shape index (κ1) is 28.6. The van der Waals surface area contributed by atoms with Crippen LogP contribution < -0.4 is 24.4 Å². The van der Waals surface area contributed by atoms with Gasteiger partial charge in [-0.05, 0) is 77.7 Å². The van der Waals surface area contributed by atoms with E-state index in [0.29, 0.717) is 37.1 Å². The molecule has 40 heavy (non-hydrogen) atoms. The van der Waals surface area contributed by atoms with Crippen LogP contribution in [0.3, 0.4) is 0 Å². The van der Waals surface area contributed by atoms with Crippen molar-refractivity contribution in [2.75, 3.05) is 13.7 Å². The first-order chi connectivity index (χ1) is 19.3. The van der Waals surface area contributed by atoms with Crippen molar-refractivity contribution in [3.8, 4) is 11.5 Å². The zero-order valence-electron chi connectivity index (χ0n) is 21.8. The van der Waals surface area contributed by atoms with Gasteiger partial charge in [0.15, 0.2) is 16.3 Å². The van der Waals surface area contributed by atoms with E-state index in [-0.39, 0.29) is 18.8 Å². The molecule has 0 spiro atoms. The number of thiazole rings is 1. The van der Waals surface area contributed by atoms with Gasteiger partial charge in [0.2, 0.25) is 0 Å². The van der Waals surface area contributed by atoms with E-state index in [0.717, 1.165) is 19.6 Å². The smallest absolute Gasteiger partial charge is 0.338 e. The minimum Gasteiger partial charge on any atom is -0.493 e. The van der Waals surface area contributed by atoms with Gasteiger partial charge in [-0.3, -0.25) is 9.36 Å². The van der Waals surface area contributed by atoms with Crippen LogP contribution in [0.25, 0.3) is 6.08 Å². The van der Waals surface area contributed by atoms with E-state index in [4.69, 9.17) is 25.8 Å². The number of ether oxygens (including phenoxy) is 3. The van der Waals surface area contributed by atoms with Crippen LogP contribution in [-0.2, 0) is 16.1 Å². The molecule has 0 bridgehead atoms. The van der Waals surface area contributed by atoms with Gasteiger partial charge < -0.3 is 14.2 Å². The largest absolute Gasteiger partial charge is 0.493 e. The number of nitrogens with zero attached hydrogens (tertiary/aromatic N) is 2. The highest BCUT2D eigenvalue weighted by Crippen LogP contribution is 2.36. The molecule has 4 aromatic rings. The second kappa shape index (κ2) is 12.3. The van der Waals surface area contributed by atoms with Crippen LogP contribution in [0.2, 0.25) is 5.02 Å². The number of allylic oxidation sites excluding steroid dienone is 1. The minimum absolute atomic E-state index is 0.232. The van der Waals surface area contributed by atoms with E-state index in [1.807, 2.05) is 53.9 Å². The molecule has 2 aromatic carbocycles. The summed E-state index contributed by atoms with van der Waals surface area (Å²) in [7, 11) is 1.58. The van der Waals surface area contributed by atoms with Crippen molar-refractivity contribution in [3.63, 3.8) is 0 Å². The van der Waals surface area contributed by atoms with Crippen LogP contribution in [0.15, 0.2) is 75.0 Å². The Morgan fingerprint density at radius 1 is 1.23 bits per heavy atom. The number of fused-ring (bicyclic) bond motifs is 1. The van der Waals surface area contributed by atoms with E-state index >= 15 is 0 Å². The van der Waals surface area contributed by atoms with Gasteiger partial charge in [-0.15, -0.1) is 11.3 Å².